The van der Waals surface area contributed by atoms with E-state index in [1.807, 2.05) is 6.92 Å². The predicted molar refractivity (Wildman–Crippen MR) is 83.5 cm³/mol. The van der Waals surface area contributed by atoms with Crippen LogP contribution in [0.5, 0.6) is 0 Å². The Morgan fingerprint density at radius 3 is 2.38 bits per heavy atom. The number of aromatic nitrogens is 3. The Hall–Kier alpha value is -2.11. The van der Waals surface area contributed by atoms with Crippen molar-refractivity contribution in [2.24, 2.45) is 0 Å². The number of hydrogen-bond acceptors (Lipinski definition) is 6. The summed E-state index contributed by atoms with van der Waals surface area (Å²) in [6, 6.07) is 0. The molecule has 2 aromatic rings. The Morgan fingerprint density at radius 1 is 1.10 bits per heavy atom. The summed E-state index contributed by atoms with van der Waals surface area (Å²) in [5.41, 5.74) is 1.08. The molecule has 2 aromatic heterocycles. The van der Waals surface area contributed by atoms with Crippen LogP contribution < -0.4 is 10.6 Å². The zero-order chi connectivity index (χ0) is 15.2. The number of anilines is 2. The first-order valence-electron chi connectivity index (χ1n) is 7.41. The minimum atomic E-state index is 0.318. The number of rotatable bonds is 7. The Morgan fingerprint density at radius 2 is 1.81 bits per heavy atom. The van der Waals surface area contributed by atoms with Gasteiger partial charge in [0, 0.05) is 18.5 Å². The molecular formula is C15H23N5O. The fraction of sp³-hybridized carbons (Fsp3) is 0.533. The highest BCUT2D eigenvalue weighted by molar-refractivity contribution is 5.58. The lowest BCUT2D eigenvalue weighted by molar-refractivity contribution is 0.465. The van der Waals surface area contributed by atoms with E-state index in [1.54, 1.807) is 12.5 Å². The molecule has 0 saturated carbocycles. The monoisotopic (exact) mass is 289 g/mol. The van der Waals surface area contributed by atoms with Crippen molar-refractivity contribution in [1.82, 2.24) is 15.0 Å². The molecule has 6 nitrogen and oxygen atoms in total. The topological polar surface area (TPSA) is 75.9 Å². The molecule has 0 unspecified atom stereocenters. The van der Waals surface area contributed by atoms with Crippen molar-refractivity contribution in [3.8, 4) is 0 Å². The lowest BCUT2D eigenvalue weighted by atomic mass is 10.0. The van der Waals surface area contributed by atoms with Crippen LogP contribution in [0.4, 0.5) is 11.6 Å². The molecule has 0 atom stereocenters. The Balaban J connectivity index is 2.16. The molecule has 0 radical (unpaired) electrons. The second kappa shape index (κ2) is 7.06. The van der Waals surface area contributed by atoms with Gasteiger partial charge in [-0.25, -0.2) is 15.0 Å². The van der Waals surface area contributed by atoms with E-state index in [4.69, 9.17) is 4.42 Å². The summed E-state index contributed by atoms with van der Waals surface area (Å²) in [6.07, 6.45) is 4.19. The van der Waals surface area contributed by atoms with E-state index in [1.165, 1.54) is 0 Å². The number of nitrogens with zero attached hydrogens (tertiary/aromatic N) is 3. The second-order valence-electron chi connectivity index (χ2n) is 5.10. The highest BCUT2D eigenvalue weighted by Crippen LogP contribution is 2.28. The van der Waals surface area contributed by atoms with Gasteiger partial charge in [0.15, 0.2) is 0 Å². The van der Waals surface area contributed by atoms with Gasteiger partial charge in [0.1, 0.15) is 23.7 Å². The molecule has 2 N–H and O–H groups in total. The summed E-state index contributed by atoms with van der Waals surface area (Å²) in [4.78, 5) is 12.9. The molecule has 6 heteroatoms. The largest absolute Gasteiger partial charge is 0.444 e. The fourth-order valence-electron chi connectivity index (χ4n) is 2.14. The number of hydrogen-bond donors (Lipinski definition) is 2. The van der Waals surface area contributed by atoms with Crippen molar-refractivity contribution in [3.05, 3.63) is 29.7 Å². The van der Waals surface area contributed by atoms with Gasteiger partial charge >= 0.3 is 0 Å². The third-order valence-electron chi connectivity index (χ3n) is 3.16. The normalized spacial score (nSPS) is 10.9. The zero-order valence-corrected chi connectivity index (χ0v) is 13.1. The van der Waals surface area contributed by atoms with Gasteiger partial charge in [0.05, 0.1) is 12.7 Å². The maximum absolute atomic E-state index is 5.60. The van der Waals surface area contributed by atoms with Gasteiger partial charge in [-0.15, -0.1) is 0 Å². The van der Waals surface area contributed by atoms with E-state index < -0.39 is 0 Å². The molecule has 0 aliphatic heterocycles. The van der Waals surface area contributed by atoms with Gasteiger partial charge in [0.25, 0.3) is 0 Å². The first-order valence-corrected chi connectivity index (χ1v) is 7.41. The highest BCUT2D eigenvalue weighted by Gasteiger charge is 2.15. The third-order valence-corrected chi connectivity index (χ3v) is 3.16. The van der Waals surface area contributed by atoms with Gasteiger partial charge in [-0.05, 0) is 12.8 Å². The Kier molecular flexibility index (Phi) is 5.14. The maximum Gasteiger partial charge on any atom is 0.213 e. The van der Waals surface area contributed by atoms with Crippen LogP contribution in [0.2, 0.25) is 0 Å². The average Bonchev–Trinajstić information content (AvgIpc) is 2.93. The van der Waals surface area contributed by atoms with E-state index in [0.717, 1.165) is 35.9 Å². The van der Waals surface area contributed by atoms with Crippen LogP contribution in [0.15, 0.2) is 16.9 Å². The fourth-order valence-corrected chi connectivity index (χ4v) is 2.14. The first kappa shape index (κ1) is 15.3. The van der Waals surface area contributed by atoms with Crippen LogP contribution in [-0.2, 0) is 13.0 Å². The molecule has 0 aliphatic carbocycles. The van der Waals surface area contributed by atoms with E-state index in [0.29, 0.717) is 18.4 Å². The molecule has 0 spiro atoms. The van der Waals surface area contributed by atoms with Crippen LogP contribution >= 0.6 is 0 Å². The Labute approximate surface area is 125 Å². The number of nitrogens with one attached hydrogen (secondary N) is 2. The van der Waals surface area contributed by atoms with Crippen molar-refractivity contribution >= 4 is 11.6 Å². The molecular weight excluding hydrogens is 266 g/mol. The molecule has 0 aliphatic rings. The van der Waals surface area contributed by atoms with Gasteiger partial charge in [-0.2, -0.15) is 0 Å². The molecule has 0 saturated heterocycles. The van der Waals surface area contributed by atoms with Gasteiger partial charge in [-0.1, -0.05) is 20.8 Å². The average molecular weight is 289 g/mol. The van der Waals surface area contributed by atoms with E-state index in [-0.39, 0.29) is 0 Å². The van der Waals surface area contributed by atoms with Crippen LogP contribution in [0.3, 0.4) is 0 Å². The summed E-state index contributed by atoms with van der Waals surface area (Å²) in [5.74, 6) is 3.59. The lowest BCUT2D eigenvalue weighted by Crippen LogP contribution is -2.11. The molecule has 2 heterocycles. The summed E-state index contributed by atoms with van der Waals surface area (Å²) in [5, 5.41) is 6.58. The van der Waals surface area contributed by atoms with Gasteiger partial charge in [-0.3, -0.25) is 0 Å². The van der Waals surface area contributed by atoms with Crippen LogP contribution in [-0.4, -0.2) is 21.5 Å². The summed E-state index contributed by atoms with van der Waals surface area (Å²) in [7, 11) is 0. The summed E-state index contributed by atoms with van der Waals surface area (Å²) < 4.78 is 5.60. The molecule has 2 rings (SSSR count). The predicted octanol–water partition coefficient (Wildman–Crippen LogP) is 3.19. The Bertz CT molecular complexity index is 579. The van der Waals surface area contributed by atoms with Crippen molar-refractivity contribution in [3.63, 3.8) is 0 Å². The molecule has 0 fully saturated rings. The molecule has 0 aromatic carbocycles. The van der Waals surface area contributed by atoms with Crippen LogP contribution in [0, 0.1) is 0 Å². The minimum Gasteiger partial charge on any atom is -0.444 e. The first-order chi connectivity index (χ1) is 10.2. The molecule has 21 heavy (non-hydrogen) atoms. The van der Waals surface area contributed by atoms with Gasteiger partial charge in [0.2, 0.25) is 5.89 Å². The zero-order valence-electron chi connectivity index (χ0n) is 13.1. The van der Waals surface area contributed by atoms with Crippen molar-refractivity contribution in [2.75, 3.05) is 17.2 Å². The van der Waals surface area contributed by atoms with E-state index in [9.17, 15) is 0 Å². The maximum atomic E-state index is 5.60. The second-order valence-corrected chi connectivity index (χ2v) is 5.10. The van der Waals surface area contributed by atoms with Crippen LogP contribution in [0.25, 0.3) is 0 Å². The summed E-state index contributed by atoms with van der Waals surface area (Å²) in [6.45, 7) is 9.70. The summed E-state index contributed by atoms with van der Waals surface area (Å²) >= 11 is 0. The third kappa shape index (κ3) is 3.71. The van der Waals surface area contributed by atoms with Crippen molar-refractivity contribution in [1.29, 1.82) is 0 Å². The highest BCUT2D eigenvalue weighted by atomic mass is 16.4. The number of aryl methyl sites for hydroxylation is 1. The van der Waals surface area contributed by atoms with E-state index >= 15 is 0 Å². The number of oxazole rings is 1. The lowest BCUT2D eigenvalue weighted by Gasteiger charge is -2.16. The SMILES string of the molecule is CCNc1ncnc(NCc2ncc(CC)o2)c1C(C)C. The van der Waals surface area contributed by atoms with E-state index in [2.05, 4.69) is 46.4 Å². The van der Waals surface area contributed by atoms with Crippen LogP contribution in [0.1, 0.15) is 50.8 Å². The van der Waals surface area contributed by atoms with Crippen molar-refractivity contribution < 1.29 is 4.42 Å². The molecule has 0 amide bonds. The standard InChI is InChI=1S/C15H23N5O/c1-5-11-7-17-12(21-11)8-18-15-13(10(3)4)14(16-6-2)19-9-20-15/h7,9-10H,5-6,8H2,1-4H3,(H2,16,18,19,20). The smallest absolute Gasteiger partial charge is 0.213 e. The van der Waals surface area contributed by atoms with Gasteiger partial charge < -0.3 is 15.1 Å². The molecule has 114 valence electrons. The minimum absolute atomic E-state index is 0.318. The molecule has 0 bridgehead atoms. The van der Waals surface area contributed by atoms with Crippen molar-refractivity contribution in [2.45, 2.75) is 46.6 Å². The quantitative estimate of drug-likeness (QED) is 0.815.